The van der Waals surface area contributed by atoms with Gasteiger partial charge in [0.05, 0.1) is 12.7 Å². The molecule has 0 amide bonds. The fraction of sp³-hybridized carbons (Fsp3) is 0.571. The second kappa shape index (κ2) is 6.50. The summed E-state index contributed by atoms with van der Waals surface area (Å²) in [6, 6.07) is 8.09. The van der Waals surface area contributed by atoms with Crippen molar-refractivity contribution in [3.8, 4) is 5.75 Å². The minimum absolute atomic E-state index is 0.371. The number of hydrogen-bond donors (Lipinski definition) is 1. The van der Waals surface area contributed by atoms with Gasteiger partial charge in [-0.1, -0.05) is 0 Å². The molecule has 1 aliphatic heterocycles. The van der Waals surface area contributed by atoms with Gasteiger partial charge in [0.2, 0.25) is 0 Å². The van der Waals surface area contributed by atoms with Crippen molar-refractivity contribution < 1.29 is 9.47 Å². The lowest BCUT2D eigenvalue weighted by molar-refractivity contribution is 0.0247. The van der Waals surface area contributed by atoms with Crippen molar-refractivity contribution >= 4 is 5.69 Å². The lowest BCUT2D eigenvalue weighted by Gasteiger charge is -2.23. The van der Waals surface area contributed by atoms with Crippen molar-refractivity contribution in [3.63, 3.8) is 0 Å². The van der Waals surface area contributed by atoms with E-state index in [0.29, 0.717) is 12.7 Å². The Kier molecular flexibility index (Phi) is 4.68. The first-order chi connectivity index (χ1) is 8.38. The van der Waals surface area contributed by atoms with Gasteiger partial charge >= 0.3 is 0 Å². The Balaban J connectivity index is 1.77. The van der Waals surface area contributed by atoms with Gasteiger partial charge < -0.3 is 14.8 Å². The Morgan fingerprint density at radius 2 is 2.12 bits per heavy atom. The third kappa shape index (κ3) is 3.93. The van der Waals surface area contributed by atoms with Crippen LogP contribution in [0.4, 0.5) is 5.69 Å². The third-order valence-corrected chi connectivity index (χ3v) is 2.97. The van der Waals surface area contributed by atoms with E-state index < -0.39 is 0 Å². The molecule has 1 heterocycles. The second-order valence-electron chi connectivity index (χ2n) is 4.33. The van der Waals surface area contributed by atoms with Crippen LogP contribution in [-0.4, -0.2) is 25.9 Å². The molecule has 17 heavy (non-hydrogen) atoms. The zero-order chi connectivity index (χ0) is 11.9. The summed E-state index contributed by atoms with van der Waals surface area (Å²) < 4.78 is 11.1. The lowest BCUT2D eigenvalue weighted by Crippen LogP contribution is -2.26. The first kappa shape index (κ1) is 12.2. The van der Waals surface area contributed by atoms with Crippen LogP contribution < -0.4 is 10.1 Å². The van der Waals surface area contributed by atoms with Crippen molar-refractivity contribution in [2.75, 3.05) is 25.1 Å². The topological polar surface area (TPSA) is 30.5 Å². The fourth-order valence-electron chi connectivity index (χ4n) is 2.04. The highest BCUT2D eigenvalue weighted by Crippen LogP contribution is 2.17. The zero-order valence-electron chi connectivity index (χ0n) is 10.4. The van der Waals surface area contributed by atoms with Gasteiger partial charge in [0.1, 0.15) is 5.75 Å². The van der Waals surface area contributed by atoms with Crippen molar-refractivity contribution in [1.29, 1.82) is 0 Å². The molecule has 1 atom stereocenters. The maximum atomic E-state index is 5.67. The van der Waals surface area contributed by atoms with Gasteiger partial charge in [-0.3, -0.25) is 0 Å². The molecule has 0 spiro atoms. The normalized spacial score (nSPS) is 19.9. The maximum absolute atomic E-state index is 5.67. The van der Waals surface area contributed by atoms with Crippen LogP contribution in [0.5, 0.6) is 5.75 Å². The van der Waals surface area contributed by atoms with Crippen molar-refractivity contribution in [2.24, 2.45) is 0 Å². The van der Waals surface area contributed by atoms with Crippen LogP contribution in [0.2, 0.25) is 0 Å². The molecule has 1 unspecified atom stereocenters. The smallest absolute Gasteiger partial charge is 0.119 e. The summed E-state index contributed by atoms with van der Waals surface area (Å²) >= 11 is 0. The van der Waals surface area contributed by atoms with E-state index in [4.69, 9.17) is 9.47 Å². The lowest BCUT2D eigenvalue weighted by atomic mass is 10.1. The Morgan fingerprint density at radius 1 is 1.29 bits per heavy atom. The third-order valence-electron chi connectivity index (χ3n) is 2.97. The predicted molar refractivity (Wildman–Crippen MR) is 69.7 cm³/mol. The van der Waals surface area contributed by atoms with Crippen LogP contribution in [-0.2, 0) is 4.74 Å². The molecule has 2 rings (SSSR count). The summed E-state index contributed by atoms with van der Waals surface area (Å²) in [5.74, 6) is 0.923. The van der Waals surface area contributed by atoms with Crippen molar-refractivity contribution in [1.82, 2.24) is 0 Å². The van der Waals surface area contributed by atoms with Crippen LogP contribution in [0.25, 0.3) is 0 Å². The Labute approximate surface area is 103 Å². The molecule has 0 saturated carbocycles. The Hall–Kier alpha value is -1.22. The highest BCUT2D eigenvalue weighted by atomic mass is 16.5. The van der Waals surface area contributed by atoms with Crippen LogP contribution in [0.3, 0.4) is 0 Å². The SMILES string of the molecule is CCOc1ccc(NCC2CCCCO2)cc1. The summed E-state index contributed by atoms with van der Waals surface area (Å²) in [5.41, 5.74) is 1.13. The summed E-state index contributed by atoms with van der Waals surface area (Å²) in [5, 5.41) is 3.40. The molecule has 0 aromatic heterocycles. The molecule has 1 N–H and O–H groups in total. The number of anilines is 1. The number of nitrogens with one attached hydrogen (secondary N) is 1. The number of rotatable bonds is 5. The largest absolute Gasteiger partial charge is 0.494 e. The second-order valence-corrected chi connectivity index (χ2v) is 4.33. The Bertz CT molecular complexity index is 317. The van der Waals surface area contributed by atoms with E-state index in [1.165, 1.54) is 19.3 Å². The molecule has 0 bridgehead atoms. The number of benzene rings is 1. The molecule has 0 radical (unpaired) electrons. The van der Waals surface area contributed by atoms with Crippen molar-refractivity contribution in [3.05, 3.63) is 24.3 Å². The standard InChI is InChI=1S/C14H21NO2/c1-2-16-13-8-6-12(7-9-13)15-11-14-5-3-4-10-17-14/h6-9,14-15H,2-5,10-11H2,1H3. The van der Waals surface area contributed by atoms with Crippen LogP contribution in [0.15, 0.2) is 24.3 Å². The van der Waals surface area contributed by atoms with Gasteiger partial charge in [0, 0.05) is 18.8 Å². The number of ether oxygens (including phenoxy) is 2. The van der Waals surface area contributed by atoms with E-state index in [-0.39, 0.29) is 0 Å². The van der Waals surface area contributed by atoms with Crippen LogP contribution in [0.1, 0.15) is 26.2 Å². The first-order valence-corrected chi connectivity index (χ1v) is 6.47. The van der Waals surface area contributed by atoms with Gasteiger partial charge in [0.25, 0.3) is 0 Å². The Morgan fingerprint density at radius 3 is 2.76 bits per heavy atom. The summed E-state index contributed by atoms with van der Waals surface area (Å²) in [6.07, 6.45) is 4.04. The molecule has 1 aromatic carbocycles. The number of hydrogen-bond acceptors (Lipinski definition) is 3. The van der Waals surface area contributed by atoms with E-state index >= 15 is 0 Å². The predicted octanol–water partition coefficient (Wildman–Crippen LogP) is 3.07. The van der Waals surface area contributed by atoms with E-state index in [2.05, 4.69) is 5.32 Å². The molecule has 3 heteroatoms. The molecule has 0 aliphatic carbocycles. The molecule has 1 fully saturated rings. The minimum atomic E-state index is 0.371. The first-order valence-electron chi connectivity index (χ1n) is 6.47. The van der Waals surface area contributed by atoms with E-state index in [9.17, 15) is 0 Å². The van der Waals surface area contributed by atoms with E-state index in [1.54, 1.807) is 0 Å². The summed E-state index contributed by atoms with van der Waals surface area (Å²) in [4.78, 5) is 0. The molecular formula is C14H21NO2. The van der Waals surface area contributed by atoms with Gasteiger partial charge in [-0.2, -0.15) is 0 Å². The maximum Gasteiger partial charge on any atom is 0.119 e. The summed E-state index contributed by atoms with van der Waals surface area (Å²) in [7, 11) is 0. The summed E-state index contributed by atoms with van der Waals surface area (Å²) in [6.45, 7) is 4.51. The van der Waals surface area contributed by atoms with Crippen molar-refractivity contribution in [2.45, 2.75) is 32.3 Å². The highest BCUT2D eigenvalue weighted by molar-refractivity contribution is 5.46. The molecule has 1 aliphatic rings. The fourth-order valence-corrected chi connectivity index (χ4v) is 2.04. The van der Waals surface area contributed by atoms with Gasteiger partial charge in [-0.15, -0.1) is 0 Å². The monoisotopic (exact) mass is 235 g/mol. The minimum Gasteiger partial charge on any atom is -0.494 e. The van der Waals surface area contributed by atoms with Crippen LogP contribution >= 0.6 is 0 Å². The average molecular weight is 235 g/mol. The van der Waals surface area contributed by atoms with Gasteiger partial charge in [-0.05, 0) is 50.5 Å². The molecule has 3 nitrogen and oxygen atoms in total. The van der Waals surface area contributed by atoms with Gasteiger partial charge in [0.15, 0.2) is 0 Å². The molecule has 94 valence electrons. The van der Waals surface area contributed by atoms with Crippen LogP contribution in [0, 0.1) is 0 Å². The molecule has 1 aromatic rings. The average Bonchev–Trinajstić information content (AvgIpc) is 2.40. The highest BCUT2D eigenvalue weighted by Gasteiger charge is 2.12. The quantitative estimate of drug-likeness (QED) is 0.850. The molecular weight excluding hydrogens is 214 g/mol. The van der Waals surface area contributed by atoms with Gasteiger partial charge in [-0.25, -0.2) is 0 Å². The zero-order valence-corrected chi connectivity index (χ0v) is 10.4. The molecule has 1 saturated heterocycles. The van der Waals surface area contributed by atoms with E-state index in [0.717, 1.165) is 24.6 Å². The van der Waals surface area contributed by atoms with E-state index in [1.807, 2.05) is 31.2 Å².